The summed E-state index contributed by atoms with van der Waals surface area (Å²) < 4.78 is 0. The summed E-state index contributed by atoms with van der Waals surface area (Å²) >= 11 is 0. The number of hydrogen-bond acceptors (Lipinski definition) is 3. The molecule has 0 saturated carbocycles. The van der Waals surface area contributed by atoms with Crippen LogP contribution in [0.15, 0.2) is 12.7 Å². The van der Waals surface area contributed by atoms with Crippen molar-refractivity contribution in [3.05, 3.63) is 12.7 Å². The summed E-state index contributed by atoms with van der Waals surface area (Å²) in [6, 6.07) is 0.652. The highest BCUT2D eigenvalue weighted by Gasteiger charge is 2.20. The molecule has 0 aromatic rings. The fraction of sp³-hybridized carbons (Fsp3) is 0.800. The SMILES string of the molecule is C=CCNCC1CN(C)CCN1C. The second kappa shape index (κ2) is 5.37. The molecule has 3 nitrogen and oxygen atoms in total. The first-order chi connectivity index (χ1) is 6.24. The fourth-order valence-electron chi connectivity index (χ4n) is 1.67. The zero-order valence-electron chi connectivity index (χ0n) is 8.79. The molecule has 0 aromatic heterocycles. The van der Waals surface area contributed by atoms with Crippen molar-refractivity contribution in [3.63, 3.8) is 0 Å². The summed E-state index contributed by atoms with van der Waals surface area (Å²) in [4.78, 5) is 4.82. The van der Waals surface area contributed by atoms with Crippen LogP contribution in [0, 0.1) is 0 Å². The predicted octanol–water partition coefficient (Wildman–Crippen LogP) is 0.00780. The highest BCUT2D eigenvalue weighted by Crippen LogP contribution is 2.04. The van der Waals surface area contributed by atoms with E-state index in [1.54, 1.807) is 0 Å². The summed E-state index contributed by atoms with van der Waals surface area (Å²) in [5.41, 5.74) is 0. The maximum Gasteiger partial charge on any atom is 0.0345 e. The highest BCUT2D eigenvalue weighted by molar-refractivity contribution is 4.81. The van der Waals surface area contributed by atoms with Gasteiger partial charge < -0.3 is 10.2 Å². The molecule has 0 radical (unpaired) electrons. The van der Waals surface area contributed by atoms with E-state index in [0.29, 0.717) is 6.04 Å². The van der Waals surface area contributed by atoms with E-state index in [-0.39, 0.29) is 0 Å². The lowest BCUT2D eigenvalue weighted by molar-refractivity contribution is 0.114. The molecular weight excluding hydrogens is 162 g/mol. The van der Waals surface area contributed by atoms with E-state index < -0.39 is 0 Å². The van der Waals surface area contributed by atoms with E-state index >= 15 is 0 Å². The molecule has 0 amide bonds. The molecule has 1 rings (SSSR count). The quantitative estimate of drug-likeness (QED) is 0.489. The fourth-order valence-corrected chi connectivity index (χ4v) is 1.67. The van der Waals surface area contributed by atoms with Crippen LogP contribution >= 0.6 is 0 Å². The third kappa shape index (κ3) is 3.46. The second-order valence-corrected chi connectivity index (χ2v) is 3.84. The first-order valence-electron chi connectivity index (χ1n) is 4.94. The Bertz CT molecular complexity index is 158. The average molecular weight is 183 g/mol. The van der Waals surface area contributed by atoms with Crippen LogP contribution in [0.25, 0.3) is 0 Å². The van der Waals surface area contributed by atoms with Gasteiger partial charge in [0.1, 0.15) is 0 Å². The van der Waals surface area contributed by atoms with Gasteiger partial charge in [0.05, 0.1) is 0 Å². The van der Waals surface area contributed by atoms with Crippen molar-refractivity contribution in [2.45, 2.75) is 6.04 Å². The van der Waals surface area contributed by atoms with E-state index in [9.17, 15) is 0 Å². The lowest BCUT2D eigenvalue weighted by Crippen LogP contribution is -2.53. The Morgan fingerprint density at radius 1 is 1.46 bits per heavy atom. The predicted molar refractivity (Wildman–Crippen MR) is 57.0 cm³/mol. The molecule has 0 aromatic carbocycles. The van der Waals surface area contributed by atoms with Crippen LogP contribution in [-0.4, -0.2) is 62.7 Å². The normalized spacial score (nSPS) is 26.2. The molecule has 13 heavy (non-hydrogen) atoms. The van der Waals surface area contributed by atoms with Crippen LogP contribution in [0.1, 0.15) is 0 Å². The van der Waals surface area contributed by atoms with Crippen LogP contribution in [0.4, 0.5) is 0 Å². The number of nitrogens with one attached hydrogen (secondary N) is 1. The Hall–Kier alpha value is -0.380. The topological polar surface area (TPSA) is 18.5 Å². The maximum absolute atomic E-state index is 3.69. The summed E-state index contributed by atoms with van der Waals surface area (Å²) in [6.45, 7) is 9.20. The molecule has 1 unspecified atom stereocenters. The highest BCUT2D eigenvalue weighted by atomic mass is 15.3. The van der Waals surface area contributed by atoms with Gasteiger partial charge in [-0.2, -0.15) is 0 Å². The first-order valence-corrected chi connectivity index (χ1v) is 4.94. The summed E-state index contributed by atoms with van der Waals surface area (Å²) in [7, 11) is 4.39. The second-order valence-electron chi connectivity index (χ2n) is 3.84. The van der Waals surface area contributed by atoms with Crippen LogP contribution in [0.3, 0.4) is 0 Å². The lowest BCUT2D eigenvalue weighted by Gasteiger charge is -2.37. The van der Waals surface area contributed by atoms with Crippen molar-refractivity contribution >= 4 is 0 Å². The van der Waals surface area contributed by atoms with Crippen molar-refractivity contribution in [2.75, 3.05) is 46.8 Å². The Balaban J connectivity index is 2.24. The van der Waals surface area contributed by atoms with Gasteiger partial charge in [-0.1, -0.05) is 6.08 Å². The summed E-state index contributed by atoms with van der Waals surface area (Å²) in [5.74, 6) is 0. The van der Waals surface area contributed by atoms with Gasteiger partial charge in [0.25, 0.3) is 0 Å². The largest absolute Gasteiger partial charge is 0.312 e. The number of rotatable bonds is 4. The van der Waals surface area contributed by atoms with Crippen molar-refractivity contribution in [1.82, 2.24) is 15.1 Å². The van der Waals surface area contributed by atoms with E-state index in [4.69, 9.17) is 0 Å². The maximum atomic E-state index is 3.69. The third-order valence-electron chi connectivity index (χ3n) is 2.65. The van der Waals surface area contributed by atoms with Crippen LogP contribution in [-0.2, 0) is 0 Å². The minimum atomic E-state index is 0.652. The first kappa shape index (κ1) is 10.7. The minimum absolute atomic E-state index is 0.652. The standard InChI is InChI=1S/C10H21N3/c1-4-5-11-8-10-9-12(2)6-7-13(10)3/h4,10-11H,1,5-9H2,2-3H3. The molecule has 76 valence electrons. The lowest BCUT2D eigenvalue weighted by atomic mass is 10.2. The summed E-state index contributed by atoms with van der Waals surface area (Å²) in [6.07, 6.45) is 1.91. The Morgan fingerprint density at radius 2 is 2.23 bits per heavy atom. The third-order valence-corrected chi connectivity index (χ3v) is 2.65. The van der Waals surface area contributed by atoms with E-state index in [1.807, 2.05) is 6.08 Å². The van der Waals surface area contributed by atoms with E-state index in [1.165, 1.54) is 19.6 Å². The van der Waals surface area contributed by atoms with E-state index in [2.05, 4.69) is 35.8 Å². The van der Waals surface area contributed by atoms with Crippen molar-refractivity contribution < 1.29 is 0 Å². The Labute approximate surface area is 81.4 Å². The molecule has 0 spiro atoms. The van der Waals surface area contributed by atoms with Gasteiger partial charge in [0, 0.05) is 38.8 Å². The number of piperazine rings is 1. The number of likely N-dealkylation sites (N-methyl/N-ethyl adjacent to an activating group) is 2. The van der Waals surface area contributed by atoms with Gasteiger partial charge in [0.15, 0.2) is 0 Å². The van der Waals surface area contributed by atoms with Gasteiger partial charge in [0.2, 0.25) is 0 Å². The molecule has 3 heteroatoms. The van der Waals surface area contributed by atoms with E-state index in [0.717, 1.165) is 13.1 Å². The van der Waals surface area contributed by atoms with Crippen LogP contribution in [0.5, 0.6) is 0 Å². The molecule has 1 aliphatic rings. The zero-order valence-corrected chi connectivity index (χ0v) is 8.79. The molecule has 1 atom stereocenters. The Kier molecular flexibility index (Phi) is 4.42. The van der Waals surface area contributed by atoms with Crippen LogP contribution in [0.2, 0.25) is 0 Å². The van der Waals surface area contributed by atoms with Crippen LogP contribution < -0.4 is 5.32 Å². The monoisotopic (exact) mass is 183 g/mol. The number of hydrogen-bond donors (Lipinski definition) is 1. The molecule has 1 heterocycles. The zero-order chi connectivity index (χ0) is 9.68. The van der Waals surface area contributed by atoms with Gasteiger partial charge in [-0.05, 0) is 14.1 Å². The molecule has 1 N–H and O–H groups in total. The number of nitrogens with zero attached hydrogens (tertiary/aromatic N) is 2. The molecule has 1 aliphatic heterocycles. The summed E-state index contributed by atoms with van der Waals surface area (Å²) in [5, 5.41) is 3.37. The molecule has 1 fully saturated rings. The smallest absolute Gasteiger partial charge is 0.0345 e. The van der Waals surface area contributed by atoms with Crippen molar-refractivity contribution in [2.24, 2.45) is 0 Å². The van der Waals surface area contributed by atoms with Gasteiger partial charge >= 0.3 is 0 Å². The molecule has 1 saturated heterocycles. The van der Waals surface area contributed by atoms with Crippen molar-refractivity contribution in [1.29, 1.82) is 0 Å². The van der Waals surface area contributed by atoms with Gasteiger partial charge in [-0.3, -0.25) is 4.90 Å². The minimum Gasteiger partial charge on any atom is -0.312 e. The Morgan fingerprint density at radius 3 is 2.92 bits per heavy atom. The molecule has 0 aliphatic carbocycles. The molecular formula is C10H21N3. The average Bonchev–Trinajstić information content (AvgIpc) is 2.11. The van der Waals surface area contributed by atoms with Crippen molar-refractivity contribution in [3.8, 4) is 0 Å². The van der Waals surface area contributed by atoms with Gasteiger partial charge in [-0.25, -0.2) is 0 Å². The molecule has 0 bridgehead atoms. The van der Waals surface area contributed by atoms with Gasteiger partial charge in [-0.15, -0.1) is 6.58 Å².